The predicted molar refractivity (Wildman–Crippen MR) is 114 cm³/mol. The van der Waals surface area contributed by atoms with Crippen LogP contribution in [0.3, 0.4) is 0 Å². The molecule has 0 aliphatic carbocycles. The summed E-state index contributed by atoms with van der Waals surface area (Å²) in [5.74, 6) is -1.30. The van der Waals surface area contributed by atoms with E-state index >= 15 is 0 Å². The van der Waals surface area contributed by atoms with Crippen LogP contribution in [0.15, 0.2) is 90.0 Å². The van der Waals surface area contributed by atoms with Crippen molar-refractivity contribution in [2.45, 2.75) is 17.2 Å². The van der Waals surface area contributed by atoms with Crippen molar-refractivity contribution < 1.29 is 17.6 Å². The molecule has 4 rings (SSSR count). The molecule has 5 nitrogen and oxygen atoms in total. The van der Waals surface area contributed by atoms with Gasteiger partial charge in [-0.15, -0.1) is 0 Å². The van der Waals surface area contributed by atoms with Gasteiger partial charge >= 0.3 is 0 Å². The van der Waals surface area contributed by atoms with Gasteiger partial charge in [-0.2, -0.15) is 0 Å². The number of fused-ring (bicyclic) bond motifs is 1. The summed E-state index contributed by atoms with van der Waals surface area (Å²) in [5, 5.41) is 3.29. The van der Waals surface area contributed by atoms with E-state index in [2.05, 4.69) is 5.32 Å². The Morgan fingerprint density at radius 3 is 2.33 bits per heavy atom. The minimum atomic E-state index is -3.83. The third-order valence-electron chi connectivity index (χ3n) is 4.76. The molecule has 0 unspecified atom stereocenters. The Labute approximate surface area is 173 Å². The van der Waals surface area contributed by atoms with Crippen molar-refractivity contribution in [2.24, 2.45) is 0 Å². The number of amides is 1. The van der Waals surface area contributed by atoms with Crippen LogP contribution in [-0.2, 0) is 26.9 Å². The molecule has 3 aromatic carbocycles. The lowest BCUT2D eigenvalue weighted by atomic mass is 10.2. The quantitative estimate of drug-likeness (QED) is 0.501. The first-order valence-corrected chi connectivity index (χ1v) is 11.0. The summed E-state index contributed by atoms with van der Waals surface area (Å²) in [6.45, 7) is -0.0510. The Hall–Kier alpha value is -3.45. The van der Waals surface area contributed by atoms with Crippen molar-refractivity contribution in [1.82, 2.24) is 4.57 Å². The maximum absolute atomic E-state index is 14.0. The van der Waals surface area contributed by atoms with Crippen molar-refractivity contribution in [3.63, 3.8) is 0 Å². The van der Waals surface area contributed by atoms with Gasteiger partial charge in [0.15, 0.2) is 9.84 Å². The summed E-state index contributed by atoms with van der Waals surface area (Å²) in [5.41, 5.74) is 1.38. The highest BCUT2D eigenvalue weighted by atomic mass is 32.2. The van der Waals surface area contributed by atoms with Gasteiger partial charge in [0.1, 0.15) is 12.4 Å². The average Bonchev–Trinajstić information content (AvgIpc) is 3.10. The molecule has 0 saturated carbocycles. The van der Waals surface area contributed by atoms with Crippen LogP contribution in [0.2, 0.25) is 0 Å². The fourth-order valence-corrected chi connectivity index (χ4v) is 4.96. The molecule has 0 aliphatic rings. The van der Waals surface area contributed by atoms with Crippen LogP contribution in [0.25, 0.3) is 10.9 Å². The number of sulfone groups is 1. The number of carbonyl (C=O) groups excluding carboxylic acids is 1. The lowest BCUT2D eigenvalue weighted by molar-refractivity contribution is -0.116. The Morgan fingerprint density at radius 1 is 0.900 bits per heavy atom. The van der Waals surface area contributed by atoms with Gasteiger partial charge in [-0.05, 0) is 24.3 Å². The maximum atomic E-state index is 14.0. The largest absolute Gasteiger partial charge is 0.337 e. The van der Waals surface area contributed by atoms with Gasteiger partial charge in [0.05, 0.1) is 10.6 Å². The summed E-state index contributed by atoms with van der Waals surface area (Å²) in [6, 6.07) is 21.8. The minimum Gasteiger partial charge on any atom is -0.337 e. The minimum absolute atomic E-state index is 0.0510. The number of halogens is 1. The molecule has 0 spiro atoms. The van der Waals surface area contributed by atoms with Crippen LogP contribution < -0.4 is 5.32 Å². The molecule has 1 amide bonds. The second kappa shape index (κ2) is 8.12. The summed E-state index contributed by atoms with van der Waals surface area (Å²) in [7, 11) is -3.83. The lowest BCUT2D eigenvalue weighted by Gasteiger charge is -2.07. The molecule has 0 aliphatic heterocycles. The number of benzene rings is 3. The highest BCUT2D eigenvalue weighted by Crippen LogP contribution is 2.28. The SMILES string of the molecule is O=C(Cn1cc(S(=O)(=O)Cc2ccccc2F)c2ccccc21)Nc1ccccc1. The van der Waals surface area contributed by atoms with Crippen molar-refractivity contribution in [1.29, 1.82) is 0 Å². The second-order valence-electron chi connectivity index (χ2n) is 6.90. The van der Waals surface area contributed by atoms with E-state index in [1.165, 1.54) is 24.4 Å². The van der Waals surface area contributed by atoms with Gasteiger partial charge in [0.25, 0.3) is 0 Å². The van der Waals surface area contributed by atoms with E-state index in [0.29, 0.717) is 16.6 Å². The number of nitrogens with zero attached hydrogens (tertiary/aromatic N) is 1. The summed E-state index contributed by atoms with van der Waals surface area (Å²) < 4.78 is 41.8. The molecule has 4 aromatic rings. The van der Waals surface area contributed by atoms with E-state index in [-0.39, 0.29) is 22.9 Å². The molecule has 1 aromatic heterocycles. The summed E-state index contributed by atoms with van der Waals surface area (Å²) >= 11 is 0. The molecule has 0 atom stereocenters. The molecule has 30 heavy (non-hydrogen) atoms. The van der Waals surface area contributed by atoms with Gasteiger partial charge in [-0.3, -0.25) is 4.79 Å². The van der Waals surface area contributed by atoms with Crippen LogP contribution in [-0.4, -0.2) is 18.9 Å². The number of hydrogen-bond acceptors (Lipinski definition) is 3. The van der Waals surface area contributed by atoms with Crippen LogP contribution >= 0.6 is 0 Å². The third-order valence-corrected chi connectivity index (χ3v) is 6.45. The number of hydrogen-bond donors (Lipinski definition) is 1. The van der Waals surface area contributed by atoms with Gasteiger partial charge in [-0.1, -0.05) is 54.6 Å². The monoisotopic (exact) mass is 422 g/mol. The maximum Gasteiger partial charge on any atom is 0.244 e. The molecule has 7 heteroatoms. The van der Waals surface area contributed by atoms with E-state index in [0.717, 1.165) is 0 Å². The molecule has 1 N–H and O–H groups in total. The number of para-hydroxylation sites is 2. The Morgan fingerprint density at radius 2 is 1.57 bits per heavy atom. The highest BCUT2D eigenvalue weighted by Gasteiger charge is 2.23. The summed E-state index contributed by atoms with van der Waals surface area (Å²) in [6.07, 6.45) is 1.45. The van der Waals surface area contributed by atoms with Crippen LogP contribution in [0.1, 0.15) is 5.56 Å². The molecular formula is C23H19FN2O3S. The molecule has 0 radical (unpaired) electrons. The van der Waals surface area contributed by atoms with E-state index < -0.39 is 21.4 Å². The summed E-state index contributed by atoms with van der Waals surface area (Å²) in [4.78, 5) is 12.6. The van der Waals surface area contributed by atoms with Crippen molar-refractivity contribution >= 4 is 32.3 Å². The lowest BCUT2D eigenvalue weighted by Crippen LogP contribution is -2.18. The molecule has 0 saturated heterocycles. The van der Waals surface area contributed by atoms with Crippen molar-refractivity contribution in [3.8, 4) is 0 Å². The fraction of sp³-hybridized carbons (Fsp3) is 0.0870. The number of anilines is 1. The number of nitrogens with one attached hydrogen (secondary N) is 1. The smallest absolute Gasteiger partial charge is 0.244 e. The van der Waals surface area contributed by atoms with Gasteiger partial charge in [-0.25, -0.2) is 12.8 Å². The molecule has 152 valence electrons. The zero-order valence-electron chi connectivity index (χ0n) is 16.0. The second-order valence-corrected chi connectivity index (χ2v) is 8.86. The van der Waals surface area contributed by atoms with Crippen LogP contribution in [0.4, 0.5) is 10.1 Å². The molecular weight excluding hydrogens is 403 g/mol. The molecule has 1 heterocycles. The average molecular weight is 422 g/mol. The topological polar surface area (TPSA) is 68.2 Å². The van der Waals surface area contributed by atoms with E-state index in [1.54, 1.807) is 47.0 Å². The van der Waals surface area contributed by atoms with E-state index in [4.69, 9.17) is 0 Å². The molecule has 0 fully saturated rings. The van der Waals surface area contributed by atoms with Gasteiger partial charge < -0.3 is 9.88 Å². The van der Waals surface area contributed by atoms with Gasteiger partial charge in [0, 0.05) is 28.4 Å². The number of rotatable bonds is 6. The first kappa shape index (κ1) is 19.8. The first-order valence-electron chi connectivity index (χ1n) is 9.33. The van der Waals surface area contributed by atoms with Crippen molar-refractivity contribution in [2.75, 3.05) is 5.32 Å². The third kappa shape index (κ3) is 4.11. The number of carbonyl (C=O) groups is 1. The standard InChI is InChI=1S/C23H19FN2O3S/c24-20-12-6-4-8-17(20)16-30(28,29)22-14-26(21-13-7-5-11-19(21)22)15-23(27)25-18-9-2-1-3-10-18/h1-14H,15-16H2,(H,25,27). The van der Waals surface area contributed by atoms with E-state index in [9.17, 15) is 17.6 Å². The Bertz CT molecular complexity index is 1310. The number of aromatic nitrogens is 1. The Balaban J connectivity index is 1.67. The fourth-order valence-electron chi connectivity index (χ4n) is 3.37. The zero-order chi connectivity index (χ0) is 21.1. The first-order chi connectivity index (χ1) is 14.4. The normalized spacial score (nSPS) is 11.5. The highest BCUT2D eigenvalue weighted by molar-refractivity contribution is 7.90. The van der Waals surface area contributed by atoms with E-state index in [1.807, 2.05) is 18.2 Å². The predicted octanol–water partition coefficient (Wildman–Crippen LogP) is 4.39. The Kier molecular flexibility index (Phi) is 5.37. The van der Waals surface area contributed by atoms with Crippen LogP contribution in [0.5, 0.6) is 0 Å². The van der Waals surface area contributed by atoms with Crippen molar-refractivity contribution in [3.05, 3.63) is 96.4 Å². The molecule has 0 bridgehead atoms. The van der Waals surface area contributed by atoms with Gasteiger partial charge in [0.2, 0.25) is 5.91 Å². The zero-order valence-corrected chi connectivity index (χ0v) is 16.8. The van der Waals surface area contributed by atoms with Crippen LogP contribution in [0, 0.1) is 5.82 Å².